The topological polar surface area (TPSA) is 49.7 Å². The third kappa shape index (κ3) is 5.52. The Hall–Kier alpha value is -0.120. The lowest BCUT2D eigenvalue weighted by atomic mass is 10.1. The van der Waals surface area contributed by atoms with Gasteiger partial charge >= 0.3 is 0 Å². The first-order valence-corrected chi connectivity index (χ1v) is 4.66. The second-order valence-electron chi connectivity index (χ2n) is 3.00. The van der Waals surface area contributed by atoms with Crippen LogP contribution in [0.3, 0.4) is 0 Å². The van der Waals surface area contributed by atoms with Gasteiger partial charge in [0.25, 0.3) is 0 Å². The van der Waals surface area contributed by atoms with Crippen molar-refractivity contribution in [3.63, 3.8) is 0 Å². The molecule has 0 heterocycles. The molecule has 12 heavy (non-hydrogen) atoms. The molecule has 0 spiro atoms. The highest BCUT2D eigenvalue weighted by Gasteiger charge is 2.14. The van der Waals surface area contributed by atoms with Gasteiger partial charge in [0.2, 0.25) is 0 Å². The van der Waals surface area contributed by atoms with E-state index >= 15 is 0 Å². The van der Waals surface area contributed by atoms with E-state index in [2.05, 4.69) is 0 Å². The molecule has 3 nitrogen and oxygen atoms in total. The van der Waals surface area contributed by atoms with Gasteiger partial charge in [0, 0.05) is 6.61 Å². The fourth-order valence-corrected chi connectivity index (χ4v) is 0.948. The maximum atomic E-state index is 9.30. The van der Waals surface area contributed by atoms with Crippen molar-refractivity contribution in [2.45, 2.75) is 45.3 Å². The van der Waals surface area contributed by atoms with Crippen LogP contribution in [0, 0.1) is 0 Å². The normalized spacial score (nSPS) is 16.0. The highest BCUT2D eigenvalue weighted by molar-refractivity contribution is 4.65. The maximum Gasteiger partial charge on any atom is 0.103 e. The molecule has 0 amide bonds. The van der Waals surface area contributed by atoms with Gasteiger partial charge in [-0.2, -0.15) is 0 Å². The lowest BCUT2D eigenvalue weighted by molar-refractivity contribution is -0.0405. The zero-order valence-electron chi connectivity index (χ0n) is 7.99. The molecule has 0 aromatic carbocycles. The average molecular weight is 176 g/mol. The van der Waals surface area contributed by atoms with Gasteiger partial charge in [0.1, 0.15) is 6.10 Å². The Balaban J connectivity index is 3.35. The minimum atomic E-state index is -0.725. The summed E-state index contributed by atoms with van der Waals surface area (Å²) in [7, 11) is 0. The zero-order valence-corrected chi connectivity index (χ0v) is 7.99. The molecule has 0 saturated heterocycles. The van der Waals surface area contributed by atoms with E-state index in [1.54, 1.807) is 0 Å². The van der Waals surface area contributed by atoms with E-state index in [9.17, 15) is 10.2 Å². The lowest BCUT2D eigenvalue weighted by Crippen LogP contribution is -2.30. The van der Waals surface area contributed by atoms with E-state index in [0.29, 0.717) is 13.0 Å². The Morgan fingerprint density at radius 2 is 1.75 bits per heavy atom. The van der Waals surface area contributed by atoms with Gasteiger partial charge in [-0.25, -0.2) is 0 Å². The summed E-state index contributed by atoms with van der Waals surface area (Å²) in [5.74, 6) is 0. The van der Waals surface area contributed by atoms with E-state index in [1.165, 1.54) is 0 Å². The summed E-state index contributed by atoms with van der Waals surface area (Å²) in [4.78, 5) is 0. The fraction of sp³-hybridized carbons (Fsp3) is 1.00. The van der Waals surface area contributed by atoms with E-state index < -0.39 is 12.2 Å². The molecular weight excluding hydrogens is 156 g/mol. The molecule has 0 rings (SSSR count). The van der Waals surface area contributed by atoms with Gasteiger partial charge in [0.15, 0.2) is 0 Å². The molecule has 0 aromatic rings. The summed E-state index contributed by atoms with van der Waals surface area (Å²) >= 11 is 0. The Labute approximate surface area is 74.4 Å². The lowest BCUT2D eigenvalue weighted by Gasteiger charge is -2.16. The summed E-state index contributed by atoms with van der Waals surface area (Å²) in [5, 5.41) is 18.6. The quantitative estimate of drug-likeness (QED) is 0.567. The van der Waals surface area contributed by atoms with Crippen molar-refractivity contribution in [2.75, 3.05) is 13.2 Å². The Bertz CT molecular complexity index is 95.8. The van der Waals surface area contributed by atoms with Gasteiger partial charge in [0.05, 0.1) is 12.7 Å². The van der Waals surface area contributed by atoms with Crippen LogP contribution in [0.4, 0.5) is 0 Å². The van der Waals surface area contributed by atoms with Crippen molar-refractivity contribution in [2.24, 2.45) is 0 Å². The Morgan fingerprint density at radius 3 is 2.25 bits per heavy atom. The van der Waals surface area contributed by atoms with Crippen molar-refractivity contribution in [3.8, 4) is 0 Å². The van der Waals surface area contributed by atoms with E-state index in [0.717, 1.165) is 12.8 Å². The van der Waals surface area contributed by atoms with Crippen molar-refractivity contribution in [3.05, 3.63) is 0 Å². The third-order valence-electron chi connectivity index (χ3n) is 1.67. The first-order valence-electron chi connectivity index (χ1n) is 4.66. The maximum absolute atomic E-state index is 9.30. The SMILES string of the molecule is CCCOCC(O)C(O)CCC. The number of aliphatic hydroxyl groups is 2. The molecule has 2 N–H and O–H groups in total. The molecule has 0 fully saturated rings. The molecule has 2 unspecified atom stereocenters. The molecule has 0 aliphatic rings. The number of hydrogen-bond acceptors (Lipinski definition) is 3. The van der Waals surface area contributed by atoms with Crippen LogP contribution in [0.5, 0.6) is 0 Å². The second-order valence-corrected chi connectivity index (χ2v) is 3.00. The molecular formula is C9H20O3. The first kappa shape index (κ1) is 11.9. The fourth-order valence-electron chi connectivity index (χ4n) is 0.948. The Kier molecular flexibility index (Phi) is 7.45. The number of rotatable bonds is 7. The summed E-state index contributed by atoms with van der Waals surface area (Å²) in [6.07, 6.45) is 1.10. The summed E-state index contributed by atoms with van der Waals surface area (Å²) in [6, 6.07) is 0. The predicted molar refractivity (Wildman–Crippen MR) is 48.0 cm³/mol. The highest BCUT2D eigenvalue weighted by Crippen LogP contribution is 2.02. The second kappa shape index (κ2) is 7.53. The molecule has 74 valence electrons. The van der Waals surface area contributed by atoms with Crippen LogP contribution in [-0.2, 0) is 4.74 Å². The molecule has 0 bridgehead atoms. The van der Waals surface area contributed by atoms with Crippen LogP contribution in [-0.4, -0.2) is 35.6 Å². The molecule has 0 saturated carbocycles. The summed E-state index contributed by atoms with van der Waals surface area (Å²) in [6.45, 7) is 4.88. The highest BCUT2D eigenvalue weighted by atomic mass is 16.5. The number of ether oxygens (including phenoxy) is 1. The summed E-state index contributed by atoms with van der Waals surface area (Å²) in [5.41, 5.74) is 0. The third-order valence-corrected chi connectivity index (χ3v) is 1.67. The standard InChI is InChI=1S/C9H20O3/c1-3-5-8(10)9(11)7-12-6-4-2/h8-11H,3-7H2,1-2H3. The van der Waals surface area contributed by atoms with Crippen molar-refractivity contribution in [1.29, 1.82) is 0 Å². The largest absolute Gasteiger partial charge is 0.390 e. The predicted octanol–water partition coefficient (Wildman–Crippen LogP) is 0.935. The van der Waals surface area contributed by atoms with Crippen molar-refractivity contribution in [1.82, 2.24) is 0 Å². The molecule has 0 aromatic heterocycles. The van der Waals surface area contributed by atoms with Gasteiger partial charge in [-0.05, 0) is 12.8 Å². The molecule has 3 heteroatoms. The van der Waals surface area contributed by atoms with Crippen molar-refractivity contribution >= 4 is 0 Å². The molecule has 0 radical (unpaired) electrons. The first-order chi connectivity index (χ1) is 5.72. The average Bonchev–Trinajstić information content (AvgIpc) is 2.05. The van der Waals surface area contributed by atoms with Gasteiger partial charge in [-0.15, -0.1) is 0 Å². The summed E-state index contributed by atoms with van der Waals surface area (Å²) < 4.78 is 5.10. The molecule has 2 atom stereocenters. The molecule has 0 aliphatic heterocycles. The monoisotopic (exact) mass is 176 g/mol. The van der Waals surface area contributed by atoms with Crippen LogP contribution in [0.25, 0.3) is 0 Å². The van der Waals surface area contributed by atoms with E-state index in [4.69, 9.17) is 4.74 Å². The van der Waals surface area contributed by atoms with Crippen LogP contribution in [0.15, 0.2) is 0 Å². The number of hydrogen-bond donors (Lipinski definition) is 2. The van der Waals surface area contributed by atoms with Gasteiger partial charge in [-0.3, -0.25) is 0 Å². The van der Waals surface area contributed by atoms with Crippen LogP contribution >= 0.6 is 0 Å². The minimum absolute atomic E-state index is 0.245. The molecule has 0 aliphatic carbocycles. The van der Waals surface area contributed by atoms with Crippen LogP contribution in [0.1, 0.15) is 33.1 Å². The Morgan fingerprint density at radius 1 is 1.08 bits per heavy atom. The zero-order chi connectivity index (χ0) is 9.40. The van der Waals surface area contributed by atoms with E-state index in [1.807, 2.05) is 13.8 Å². The van der Waals surface area contributed by atoms with Crippen LogP contribution < -0.4 is 0 Å². The van der Waals surface area contributed by atoms with Gasteiger partial charge in [-0.1, -0.05) is 20.3 Å². The minimum Gasteiger partial charge on any atom is -0.390 e. The smallest absolute Gasteiger partial charge is 0.103 e. The van der Waals surface area contributed by atoms with Crippen molar-refractivity contribution < 1.29 is 14.9 Å². The van der Waals surface area contributed by atoms with Crippen LogP contribution in [0.2, 0.25) is 0 Å². The van der Waals surface area contributed by atoms with Gasteiger partial charge < -0.3 is 14.9 Å². The van der Waals surface area contributed by atoms with E-state index in [-0.39, 0.29) is 6.61 Å². The number of aliphatic hydroxyl groups excluding tert-OH is 2.